The van der Waals surface area contributed by atoms with Crippen LogP contribution >= 0.6 is 38.2 Å². The molecule has 0 amide bonds. The largest absolute Gasteiger partial charge is 0.271 e. The van der Waals surface area contributed by atoms with Crippen LogP contribution in [0.15, 0.2) is 28.1 Å². The first-order valence-electron chi connectivity index (χ1n) is 4.32. The van der Waals surface area contributed by atoms with Crippen molar-refractivity contribution in [3.8, 4) is 0 Å². The lowest BCUT2D eigenvalue weighted by molar-refractivity contribution is 0.609. The fraction of sp³-hybridized carbons (Fsp3) is 0.222. The maximum absolute atomic E-state index is 11.2. The van der Waals surface area contributed by atoms with Crippen LogP contribution in [0.1, 0.15) is 16.0 Å². The van der Waals surface area contributed by atoms with E-state index < -0.39 is 9.05 Å². The molecule has 0 aromatic heterocycles. The first kappa shape index (κ1) is 12.4. The maximum atomic E-state index is 11.2. The fourth-order valence-corrected chi connectivity index (χ4v) is 3.04. The molecule has 3 nitrogen and oxygen atoms in total. The van der Waals surface area contributed by atoms with Crippen molar-refractivity contribution >= 4 is 52.4 Å². The van der Waals surface area contributed by atoms with Gasteiger partial charge in [0.2, 0.25) is 0 Å². The summed E-state index contributed by atoms with van der Waals surface area (Å²) in [5.74, 6) is 0. The van der Waals surface area contributed by atoms with Gasteiger partial charge in [-0.2, -0.15) is 0 Å². The summed E-state index contributed by atoms with van der Waals surface area (Å²) in [7, 11) is 1.53. The molecule has 2 rings (SSSR count). The van der Waals surface area contributed by atoms with E-state index in [-0.39, 0.29) is 9.72 Å². The predicted molar refractivity (Wildman–Crippen MR) is 68.4 cm³/mol. The van der Waals surface area contributed by atoms with Crippen LogP contribution in [0.2, 0.25) is 0 Å². The van der Waals surface area contributed by atoms with Crippen molar-refractivity contribution in [1.82, 2.24) is 0 Å². The van der Waals surface area contributed by atoms with Crippen LogP contribution in [0.3, 0.4) is 0 Å². The van der Waals surface area contributed by atoms with E-state index in [0.717, 1.165) is 5.56 Å². The van der Waals surface area contributed by atoms with Gasteiger partial charge in [0.05, 0.1) is 16.3 Å². The Labute approximate surface area is 111 Å². The quantitative estimate of drug-likeness (QED) is 0.581. The number of benzene rings is 1. The minimum Gasteiger partial charge on any atom is -0.271 e. The number of rotatable bonds is 1. The van der Waals surface area contributed by atoms with E-state index >= 15 is 0 Å². The molecule has 1 aliphatic rings. The maximum Gasteiger partial charge on any atom is 0.261 e. The van der Waals surface area contributed by atoms with Gasteiger partial charge in [0.1, 0.15) is 5.17 Å². The molecule has 0 saturated heterocycles. The summed E-state index contributed by atoms with van der Waals surface area (Å²) in [4.78, 5) is 4.16. The van der Waals surface area contributed by atoms with Gasteiger partial charge in [0, 0.05) is 16.2 Å². The Balaban J connectivity index is 2.63. The summed E-state index contributed by atoms with van der Waals surface area (Å²) in [5.41, 5.74) is 1.53. The normalized spacial score (nSPS) is 20.2. The Kier molecular flexibility index (Phi) is 3.32. The second kappa shape index (κ2) is 4.29. The fourth-order valence-electron chi connectivity index (χ4n) is 1.48. The highest BCUT2D eigenvalue weighted by atomic mass is 79.9. The zero-order chi connectivity index (χ0) is 11.9. The molecule has 1 unspecified atom stereocenters. The minimum absolute atomic E-state index is 0.0304. The van der Waals surface area contributed by atoms with Crippen LogP contribution in [0.25, 0.3) is 0 Å². The van der Waals surface area contributed by atoms with E-state index in [1.807, 2.05) is 0 Å². The third-order valence-corrected chi connectivity index (χ3v) is 4.71. The average molecular weight is 343 g/mol. The Morgan fingerprint density at radius 2 is 2.12 bits per heavy atom. The highest BCUT2D eigenvalue weighted by Crippen LogP contribution is 2.33. The molecule has 7 heteroatoms. The lowest BCUT2D eigenvalue weighted by Crippen LogP contribution is -2.11. The molecule has 1 heterocycles. The predicted octanol–water partition coefficient (Wildman–Crippen LogP) is 3.05. The highest BCUT2D eigenvalue weighted by molar-refractivity contribution is 9.09. The van der Waals surface area contributed by atoms with Crippen molar-refractivity contribution in [1.29, 1.82) is 0 Å². The van der Waals surface area contributed by atoms with Gasteiger partial charge in [-0.3, -0.25) is 4.99 Å². The van der Waals surface area contributed by atoms with Crippen LogP contribution in [-0.2, 0) is 9.05 Å². The molecule has 0 bridgehead atoms. The molecule has 1 aromatic rings. The van der Waals surface area contributed by atoms with E-state index in [1.165, 1.54) is 12.1 Å². The van der Waals surface area contributed by atoms with E-state index in [4.69, 9.17) is 22.3 Å². The van der Waals surface area contributed by atoms with Gasteiger partial charge < -0.3 is 0 Å². The van der Waals surface area contributed by atoms with Crippen molar-refractivity contribution < 1.29 is 8.42 Å². The first-order chi connectivity index (χ1) is 7.39. The monoisotopic (exact) mass is 341 g/mol. The van der Waals surface area contributed by atoms with Gasteiger partial charge in [-0.25, -0.2) is 8.42 Å². The first-order valence-corrected chi connectivity index (χ1v) is 7.93. The third-order valence-electron chi connectivity index (χ3n) is 2.26. The Bertz CT molecular complexity index is 571. The number of alkyl halides is 1. The second-order valence-electron chi connectivity index (χ2n) is 3.29. The summed E-state index contributed by atoms with van der Waals surface area (Å²) in [6, 6.07) is 4.60. The number of nitrogens with zero attached hydrogens (tertiary/aromatic N) is 1. The summed E-state index contributed by atoms with van der Waals surface area (Å²) in [6.07, 6.45) is 0. The van der Waals surface area contributed by atoms with Crippen LogP contribution in [0, 0.1) is 0 Å². The lowest BCUT2D eigenvalue weighted by atomic mass is 10.0. The molecule has 0 aliphatic carbocycles. The molecular weight excluding hydrogens is 337 g/mol. The van der Waals surface area contributed by atoms with Gasteiger partial charge >= 0.3 is 0 Å². The Morgan fingerprint density at radius 1 is 1.44 bits per heavy atom. The van der Waals surface area contributed by atoms with Crippen LogP contribution < -0.4 is 0 Å². The molecule has 0 spiro atoms. The molecule has 0 fully saturated rings. The molecule has 1 aromatic carbocycles. The van der Waals surface area contributed by atoms with Crippen LogP contribution in [-0.4, -0.2) is 20.1 Å². The van der Waals surface area contributed by atoms with Crippen molar-refractivity contribution in [3.63, 3.8) is 0 Å². The Morgan fingerprint density at radius 3 is 2.75 bits per heavy atom. The summed E-state index contributed by atoms with van der Waals surface area (Å²) in [6.45, 7) is 0.540. The van der Waals surface area contributed by atoms with Crippen LogP contribution in [0.4, 0.5) is 0 Å². The zero-order valence-corrected chi connectivity index (χ0v) is 11.7. The van der Waals surface area contributed by atoms with Crippen molar-refractivity contribution in [2.75, 3.05) is 6.54 Å². The Hall–Kier alpha value is -0.100. The number of hydrogen-bond donors (Lipinski definition) is 0. The van der Waals surface area contributed by atoms with Gasteiger partial charge in [-0.15, -0.1) is 0 Å². The van der Waals surface area contributed by atoms with Crippen LogP contribution in [0.5, 0.6) is 0 Å². The number of halogens is 3. The number of hydrogen-bond acceptors (Lipinski definition) is 3. The van der Waals surface area contributed by atoms with E-state index in [9.17, 15) is 8.42 Å². The van der Waals surface area contributed by atoms with Gasteiger partial charge in [-0.05, 0) is 17.7 Å². The summed E-state index contributed by atoms with van der Waals surface area (Å²) >= 11 is 9.37. The second-order valence-corrected chi connectivity index (χ2v) is 7.32. The van der Waals surface area contributed by atoms with Crippen molar-refractivity contribution in [3.05, 3.63) is 29.3 Å². The van der Waals surface area contributed by atoms with E-state index in [1.54, 1.807) is 6.07 Å². The molecule has 86 valence electrons. The minimum atomic E-state index is -3.73. The lowest BCUT2D eigenvalue weighted by Gasteiger charge is -2.18. The average Bonchev–Trinajstić information content (AvgIpc) is 2.22. The van der Waals surface area contributed by atoms with Crippen molar-refractivity contribution in [2.24, 2.45) is 4.99 Å². The molecular formula is C9H6BrCl2NO2S. The third kappa shape index (κ3) is 2.27. The molecule has 0 saturated carbocycles. The van der Waals surface area contributed by atoms with Crippen molar-refractivity contribution in [2.45, 2.75) is 9.72 Å². The molecule has 16 heavy (non-hydrogen) atoms. The van der Waals surface area contributed by atoms with Gasteiger partial charge in [-0.1, -0.05) is 33.6 Å². The van der Waals surface area contributed by atoms with E-state index in [0.29, 0.717) is 17.3 Å². The topological polar surface area (TPSA) is 46.5 Å². The van der Waals surface area contributed by atoms with Gasteiger partial charge in [0.25, 0.3) is 9.05 Å². The summed E-state index contributed by atoms with van der Waals surface area (Å²) in [5, 5.41) is 0.313. The standard InChI is InChI=1S/C9H6BrCl2NO2S/c10-8-4-13-9(11)7-3-5(16(12,14)15)1-2-6(7)8/h1-3,8H,4H2. The number of fused-ring (bicyclic) bond motifs is 1. The highest BCUT2D eigenvalue weighted by Gasteiger charge is 2.22. The smallest absolute Gasteiger partial charge is 0.261 e. The molecule has 0 radical (unpaired) electrons. The zero-order valence-electron chi connectivity index (χ0n) is 7.82. The van der Waals surface area contributed by atoms with E-state index in [2.05, 4.69) is 20.9 Å². The van der Waals surface area contributed by atoms with Gasteiger partial charge in [0.15, 0.2) is 0 Å². The molecule has 1 aliphatic heterocycles. The SMILES string of the molecule is O=S(=O)(Cl)c1ccc2c(c1)C(Cl)=NCC2Br. The number of aliphatic imine (C=N–C) groups is 1. The summed E-state index contributed by atoms with van der Waals surface area (Å²) < 4.78 is 22.4. The molecule has 0 N–H and O–H groups in total. The molecule has 1 atom stereocenters.